The molecule has 16 heavy (non-hydrogen) atoms. The zero-order chi connectivity index (χ0) is 11.9. The van der Waals surface area contributed by atoms with E-state index in [2.05, 4.69) is 18.8 Å². The smallest absolute Gasteiger partial charge is 0.156 e. The largest absolute Gasteiger partial charge is 0.325 e. The van der Waals surface area contributed by atoms with Crippen LogP contribution in [0.15, 0.2) is 12.3 Å². The van der Waals surface area contributed by atoms with Gasteiger partial charge in [0.25, 0.3) is 0 Å². The van der Waals surface area contributed by atoms with E-state index in [1.807, 2.05) is 4.40 Å². The number of pyridine rings is 1. The molecule has 0 aliphatic carbocycles. The first-order valence-corrected chi connectivity index (χ1v) is 5.86. The van der Waals surface area contributed by atoms with Crippen molar-refractivity contribution in [2.45, 2.75) is 26.3 Å². The predicted molar refractivity (Wildman–Crippen MR) is 67.2 cm³/mol. The lowest BCUT2D eigenvalue weighted by Gasteiger charge is -2.04. The van der Waals surface area contributed by atoms with Crippen LogP contribution >= 0.6 is 23.2 Å². The van der Waals surface area contributed by atoms with Crippen LogP contribution in [0.5, 0.6) is 0 Å². The van der Waals surface area contributed by atoms with Crippen LogP contribution in [-0.4, -0.2) is 9.38 Å². The third-order valence-electron chi connectivity index (χ3n) is 2.51. The molecule has 5 heteroatoms. The Balaban J connectivity index is 2.82. The molecule has 0 aliphatic heterocycles. The van der Waals surface area contributed by atoms with Crippen LogP contribution in [-0.2, 0) is 6.54 Å². The maximum atomic E-state index is 6.10. The zero-order valence-corrected chi connectivity index (χ0v) is 10.7. The molecule has 0 fully saturated rings. The quantitative estimate of drug-likeness (QED) is 0.898. The minimum atomic E-state index is 0.313. The molecule has 0 radical (unpaired) electrons. The summed E-state index contributed by atoms with van der Waals surface area (Å²) < 4.78 is 1.88. The van der Waals surface area contributed by atoms with Crippen LogP contribution in [0.1, 0.15) is 31.2 Å². The van der Waals surface area contributed by atoms with Crippen molar-refractivity contribution in [1.82, 2.24) is 9.38 Å². The zero-order valence-electron chi connectivity index (χ0n) is 9.17. The van der Waals surface area contributed by atoms with Gasteiger partial charge in [0.15, 0.2) is 5.65 Å². The predicted octanol–water partition coefficient (Wildman–Crippen LogP) is 3.22. The van der Waals surface area contributed by atoms with Crippen LogP contribution in [0.2, 0.25) is 10.0 Å². The van der Waals surface area contributed by atoms with Crippen LogP contribution in [0.3, 0.4) is 0 Å². The maximum absolute atomic E-state index is 6.10. The first-order valence-electron chi connectivity index (χ1n) is 5.10. The van der Waals surface area contributed by atoms with Crippen LogP contribution in [0.25, 0.3) is 5.65 Å². The monoisotopic (exact) mass is 257 g/mol. The van der Waals surface area contributed by atoms with E-state index >= 15 is 0 Å². The third-order valence-corrected chi connectivity index (χ3v) is 3.00. The Bertz CT molecular complexity index is 531. The number of nitrogens with zero attached hydrogens (tertiary/aromatic N) is 2. The molecule has 2 heterocycles. The van der Waals surface area contributed by atoms with Gasteiger partial charge >= 0.3 is 0 Å². The van der Waals surface area contributed by atoms with Gasteiger partial charge in [-0.2, -0.15) is 0 Å². The SMILES string of the molecule is CC(C)c1nc2c(Cl)cc(Cl)cn2c1CN. The van der Waals surface area contributed by atoms with Gasteiger partial charge in [0.05, 0.1) is 21.4 Å². The molecular formula is C11H13Cl2N3. The third kappa shape index (κ3) is 1.79. The number of imidazole rings is 1. The second-order valence-electron chi connectivity index (χ2n) is 4.00. The maximum Gasteiger partial charge on any atom is 0.156 e. The summed E-state index contributed by atoms with van der Waals surface area (Å²) in [5.74, 6) is 0.313. The van der Waals surface area contributed by atoms with Crippen molar-refractivity contribution in [1.29, 1.82) is 0 Å². The molecule has 0 aromatic carbocycles. The van der Waals surface area contributed by atoms with E-state index in [0.29, 0.717) is 22.5 Å². The summed E-state index contributed by atoms with van der Waals surface area (Å²) in [6.07, 6.45) is 1.80. The van der Waals surface area contributed by atoms with E-state index < -0.39 is 0 Å². The van der Waals surface area contributed by atoms with E-state index in [4.69, 9.17) is 28.9 Å². The molecule has 0 atom stereocenters. The number of hydrogen-bond donors (Lipinski definition) is 1. The molecule has 0 bridgehead atoms. The first-order chi connectivity index (χ1) is 7.54. The fraction of sp³-hybridized carbons (Fsp3) is 0.364. The highest BCUT2D eigenvalue weighted by Gasteiger charge is 2.15. The molecule has 0 aliphatic rings. The average Bonchev–Trinajstić information content (AvgIpc) is 2.56. The molecule has 86 valence electrons. The molecule has 0 saturated heterocycles. The normalized spacial score (nSPS) is 11.6. The van der Waals surface area contributed by atoms with Crippen molar-refractivity contribution in [2.24, 2.45) is 5.73 Å². The van der Waals surface area contributed by atoms with Crippen LogP contribution < -0.4 is 5.73 Å². The molecule has 0 spiro atoms. The second-order valence-corrected chi connectivity index (χ2v) is 4.85. The number of nitrogens with two attached hydrogens (primary N) is 1. The van der Waals surface area contributed by atoms with E-state index in [9.17, 15) is 0 Å². The topological polar surface area (TPSA) is 43.3 Å². The molecule has 0 unspecified atom stereocenters. The van der Waals surface area contributed by atoms with Crippen molar-refractivity contribution >= 4 is 28.8 Å². The standard InChI is InChI=1S/C11H13Cl2N3/c1-6(2)10-9(4-14)16-5-7(12)3-8(13)11(16)15-10/h3,5-6H,4,14H2,1-2H3. The average molecular weight is 258 g/mol. The number of rotatable bonds is 2. The van der Waals surface area contributed by atoms with Gasteiger partial charge in [0.1, 0.15) is 0 Å². The first kappa shape index (κ1) is 11.7. The van der Waals surface area contributed by atoms with Gasteiger partial charge in [0, 0.05) is 12.7 Å². The number of fused-ring (bicyclic) bond motifs is 1. The fourth-order valence-corrected chi connectivity index (χ4v) is 2.32. The molecule has 2 aromatic heterocycles. The van der Waals surface area contributed by atoms with Gasteiger partial charge in [0.2, 0.25) is 0 Å². The van der Waals surface area contributed by atoms with Gasteiger partial charge in [-0.25, -0.2) is 4.98 Å². The molecule has 2 aromatic rings. The van der Waals surface area contributed by atoms with Crippen molar-refractivity contribution in [3.8, 4) is 0 Å². The summed E-state index contributed by atoms with van der Waals surface area (Å²) >= 11 is 12.1. The number of hydrogen-bond acceptors (Lipinski definition) is 2. The Hall–Kier alpha value is -0.770. The Morgan fingerprint density at radius 3 is 2.69 bits per heavy atom. The van der Waals surface area contributed by atoms with Crippen molar-refractivity contribution in [3.05, 3.63) is 33.7 Å². The lowest BCUT2D eigenvalue weighted by atomic mass is 10.1. The molecule has 0 saturated carbocycles. The van der Waals surface area contributed by atoms with Crippen LogP contribution in [0, 0.1) is 0 Å². The van der Waals surface area contributed by atoms with Gasteiger partial charge in [-0.3, -0.25) is 4.40 Å². The minimum Gasteiger partial charge on any atom is -0.325 e. The Kier molecular flexibility index (Phi) is 3.10. The molecule has 2 N–H and O–H groups in total. The van der Waals surface area contributed by atoms with Gasteiger partial charge < -0.3 is 5.73 Å². The van der Waals surface area contributed by atoms with Crippen molar-refractivity contribution < 1.29 is 0 Å². The lowest BCUT2D eigenvalue weighted by molar-refractivity contribution is 0.799. The lowest BCUT2D eigenvalue weighted by Crippen LogP contribution is -2.05. The van der Waals surface area contributed by atoms with Crippen molar-refractivity contribution in [2.75, 3.05) is 0 Å². The molecule has 2 rings (SSSR count). The summed E-state index contributed by atoms with van der Waals surface area (Å²) in [5, 5.41) is 1.13. The summed E-state index contributed by atoms with van der Waals surface area (Å²) in [5.41, 5.74) is 8.42. The van der Waals surface area contributed by atoms with E-state index in [1.54, 1.807) is 12.3 Å². The molecule has 0 amide bonds. The van der Waals surface area contributed by atoms with Gasteiger partial charge in [-0.05, 0) is 12.0 Å². The highest BCUT2D eigenvalue weighted by atomic mass is 35.5. The molecule has 3 nitrogen and oxygen atoms in total. The highest BCUT2D eigenvalue weighted by Crippen LogP contribution is 2.27. The summed E-state index contributed by atoms with van der Waals surface area (Å²) in [6, 6.07) is 1.69. The van der Waals surface area contributed by atoms with E-state index in [-0.39, 0.29) is 0 Å². The number of halogens is 2. The Morgan fingerprint density at radius 1 is 1.44 bits per heavy atom. The van der Waals surface area contributed by atoms with Gasteiger partial charge in [-0.1, -0.05) is 37.0 Å². The highest BCUT2D eigenvalue weighted by molar-refractivity contribution is 6.36. The molecular weight excluding hydrogens is 245 g/mol. The summed E-state index contributed by atoms with van der Waals surface area (Å²) in [4.78, 5) is 4.52. The number of aromatic nitrogens is 2. The summed E-state index contributed by atoms with van der Waals surface area (Å²) in [6.45, 7) is 4.58. The van der Waals surface area contributed by atoms with Gasteiger partial charge in [-0.15, -0.1) is 0 Å². The van der Waals surface area contributed by atoms with E-state index in [1.165, 1.54) is 0 Å². The van der Waals surface area contributed by atoms with Crippen molar-refractivity contribution in [3.63, 3.8) is 0 Å². The Labute approximate surface area is 104 Å². The Morgan fingerprint density at radius 2 is 2.12 bits per heavy atom. The van der Waals surface area contributed by atoms with E-state index in [0.717, 1.165) is 17.0 Å². The summed E-state index contributed by atoms with van der Waals surface area (Å²) in [7, 11) is 0. The fourth-order valence-electron chi connectivity index (χ4n) is 1.80. The second kappa shape index (κ2) is 4.24. The minimum absolute atomic E-state index is 0.313. The van der Waals surface area contributed by atoms with Crippen LogP contribution in [0.4, 0.5) is 0 Å².